The fraction of sp³-hybridized carbons (Fsp3) is 0.550. The molecule has 138 valence electrons. The summed E-state index contributed by atoms with van der Waals surface area (Å²) in [5.41, 5.74) is 2.48. The van der Waals surface area contributed by atoms with E-state index in [0.29, 0.717) is 6.04 Å². The normalized spacial score (nSPS) is 31.3. The molecule has 2 aliphatic heterocycles. The highest BCUT2D eigenvalue weighted by molar-refractivity contribution is 6.62. The number of nitrogens with zero attached hydrogens (tertiary/aromatic N) is 2. The van der Waals surface area contributed by atoms with Gasteiger partial charge in [-0.3, -0.25) is 0 Å². The van der Waals surface area contributed by atoms with E-state index in [9.17, 15) is 0 Å². The van der Waals surface area contributed by atoms with Crippen molar-refractivity contribution >= 4 is 20.6 Å². The van der Waals surface area contributed by atoms with Crippen LogP contribution in [0.2, 0.25) is 0 Å². The Labute approximate surface area is 162 Å². The van der Waals surface area contributed by atoms with Crippen molar-refractivity contribution in [2.75, 3.05) is 0 Å². The number of fused-ring (bicyclic) bond motifs is 1. The summed E-state index contributed by atoms with van der Waals surface area (Å²) in [5.74, 6) is 1.72. The van der Waals surface area contributed by atoms with Crippen LogP contribution in [-0.2, 0) is 9.31 Å². The number of piperidine rings is 1. The SMILES string of the molecule is [B]N1C2CC2C[C@H]1c1ncc(-c2ccc(B3OC(C)(C)C(C)(C)O3)cc2)[nH]1. The molecular formula is C20H25B2N3O2. The molecule has 0 amide bonds. The van der Waals surface area contributed by atoms with Gasteiger partial charge in [0, 0.05) is 6.04 Å². The van der Waals surface area contributed by atoms with Gasteiger partial charge >= 0.3 is 7.12 Å². The van der Waals surface area contributed by atoms with Crippen molar-refractivity contribution in [3.8, 4) is 11.3 Å². The van der Waals surface area contributed by atoms with Crippen molar-refractivity contribution < 1.29 is 9.31 Å². The lowest BCUT2D eigenvalue weighted by Gasteiger charge is -2.32. The highest BCUT2D eigenvalue weighted by Crippen LogP contribution is 2.51. The molecule has 0 spiro atoms. The smallest absolute Gasteiger partial charge is 0.399 e. The lowest BCUT2D eigenvalue weighted by atomic mass is 9.79. The molecule has 2 aromatic rings. The van der Waals surface area contributed by atoms with E-state index >= 15 is 0 Å². The second-order valence-electron chi connectivity index (χ2n) is 9.15. The number of imidazole rings is 1. The number of rotatable bonds is 3. The zero-order chi connectivity index (χ0) is 19.0. The van der Waals surface area contributed by atoms with Crippen molar-refractivity contribution in [2.24, 2.45) is 5.92 Å². The average Bonchev–Trinajstić information content (AvgIpc) is 2.98. The summed E-state index contributed by atoms with van der Waals surface area (Å²) in [4.78, 5) is 10.0. The Bertz CT molecular complexity index is 848. The molecule has 7 heteroatoms. The van der Waals surface area contributed by atoms with Crippen LogP contribution in [0.5, 0.6) is 0 Å². The van der Waals surface area contributed by atoms with Crippen molar-refractivity contribution in [1.82, 2.24) is 14.8 Å². The van der Waals surface area contributed by atoms with Gasteiger partial charge in [0.25, 0.3) is 0 Å². The van der Waals surface area contributed by atoms with Gasteiger partial charge < -0.3 is 19.1 Å². The molecule has 27 heavy (non-hydrogen) atoms. The minimum Gasteiger partial charge on any atom is -0.399 e. The van der Waals surface area contributed by atoms with Crippen LogP contribution >= 0.6 is 0 Å². The molecule has 3 atom stereocenters. The van der Waals surface area contributed by atoms with Gasteiger partial charge in [-0.15, -0.1) is 0 Å². The Hall–Kier alpha value is -1.56. The zero-order valence-electron chi connectivity index (χ0n) is 16.4. The molecule has 3 fully saturated rings. The molecule has 3 heterocycles. The summed E-state index contributed by atoms with van der Waals surface area (Å²) < 4.78 is 12.3. The zero-order valence-corrected chi connectivity index (χ0v) is 16.4. The van der Waals surface area contributed by atoms with E-state index < -0.39 is 0 Å². The third-order valence-corrected chi connectivity index (χ3v) is 6.81. The van der Waals surface area contributed by atoms with E-state index in [1.807, 2.05) is 11.0 Å². The first-order valence-corrected chi connectivity index (χ1v) is 9.79. The molecule has 2 saturated heterocycles. The molecule has 5 rings (SSSR count). The van der Waals surface area contributed by atoms with Crippen LogP contribution in [0.3, 0.4) is 0 Å². The summed E-state index contributed by atoms with van der Waals surface area (Å²) in [6.07, 6.45) is 4.24. The van der Waals surface area contributed by atoms with Crippen LogP contribution in [0, 0.1) is 5.92 Å². The number of benzene rings is 1. The molecular weight excluding hydrogens is 336 g/mol. The van der Waals surface area contributed by atoms with E-state index in [2.05, 4.69) is 61.9 Å². The Morgan fingerprint density at radius 3 is 2.37 bits per heavy atom. The number of aromatic amines is 1. The quantitative estimate of drug-likeness (QED) is 0.855. The minimum atomic E-state index is -0.336. The van der Waals surface area contributed by atoms with Crippen molar-refractivity contribution in [2.45, 2.75) is 63.8 Å². The number of aromatic nitrogens is 2. The molecule has 5 nitrogen and oxygen atoms in total. The topological polar surface area (TPSA) is 50.4 Å². The first kappa shape index (κ1) is 17.5. The van der Waals surface area contributed by atoms with Crippen LogP contribution in [0.4, 0.5) is 0 Å². The Morgan fingerprint density at radius 1 is 1.11 bits per heavy atom. The molecule has 2 unspecified atom stereocenters. The van der Waals surface area contributed by atoms with E-state index in [-0.39, 0.29) is 24.4 Å². The predicted octanol–water partition coefficient (Wildman–Crippen LogP) is 2.59. The highest BCUT2D eigenvalue weighted by Gasteiger charge is 2.52. The van der Waals surface area contributed by atoms with Gasteiger partial charge in [0.1, 0.15) is 5.82 Å². The fourth-order valence-corrected chi connectivity index (χ4v) is 4.19. The van der Waals surface area contributed by atoms with Crippen LogP contribution < -0.4 is 5.46 Å². The molecule has 1 N–H and O–H groups in total. The first-order valence-electron chi connectivity index (χ1n) is 9.79. The standard InChI is InChI=1S/C20H25B2N3O2/c1-19(2)20(3,4)27-22(26-19)14-7-5-12(6-8-14)15-11-23-18(24-15)17-10-13-9-16(13)25(17)21/h5-8,11,13,16-17H,9-10H2,1-4H3,(H,23,24)/t13?,16?,17-/m0/s1. The van der Waals surface area contributed by atoms with Crippen LogP contribution in [0.1, 0.15) is 52.4 Å². The molecule has 1 aliphatic carbocycles. The lowest BCUT2D eigenvalue weighted by molar-refractivity contribution is 0.00578. The Balaban J connectivity index is 1.33. The van der Waals surface area contributed by atoms with Crippen LogP contribution in [0.25, 0.3) is 11.3 Å². The average molecular weight is 361 g/mol. The van der Waals surface area contributed by atoms with Gasteiger partial charge in [-0.05, 0) is 57.5 Å². The van der Waals surface area contributed by atoms with Gasteiger partial charge in [-0.1, -0.05) is 24.3 Å². The van der Waals surface area contributed by atoms with Crippen molar-refractivity contribution in [1.29, 1.82) is 0 Å². The molecule has 2 radical (unpaired) electrons. The Morgan fingerprint density at radius 2 is 1.78 bits per heavy atom. The predicted molar refractivity (Wildman–Crippen MR) is 107 cm³/mol. The number of hydrogen-bond acceptors (Lipinski definition) is 4. The van der Waals surface area contributed by atoms with E-state index in [0.717, 1.165) is 34.9 Å². The fourth-order valence-electron chi connectivity index (χ4n) is 4.19. The molecule has 1 aromatic carbocycles. The minimum absolute atomic E-state index is 0.214. The Kier molecular flexibility index (Phi) is 3.72. The molecule has 0 bridgehead atoms. The molecule has 3 aliphatic rings. The number of H-pyrrole nitrogens is 1. The summed E-state index contributed by atoms with van der Waals surface area (Å²) in [6.45, 7) is 8.28. The third kappa shape index (κ3) is 2.79. The van der Waals surface area contributed by atoms with Crippen molar-refractivity contribution in [3.63, 3.8) is 0 Å². The maximum atomic E-state index is 6.22. The maximum absolute atomic E-state index is 6.22. The van der Waals surface area contributed by atoms with Gasteiger partial charge in [0.2, 0.25) is 0 Å². The lowest BCUT2D eigenvalue weighted by Crippen LogP contribution is -2.41. The van der Waals surface area contributed by atoms with Gasteiger partial charge in [0.05, 0.1) is 29.1 Å². The molecule has 1 saturated carbocycles. The van der Waals surface area contributed by atoms with Crippen molar-refractivity contribution in [3.05, 3.63) is 36.3 Å². The van der Waals surface area contributed by atoms with Gasteiger partial charge in [0.15, 0.2) is 7.98 Å². The maximum Gasteiger partial charge on any atom is 0.494 e. The number of hydrogen-bond donors (Lipinski definition) is 1. The molecule has 1 aromatic heterocycles. The second kappa shape index (κ2) is 5.72. The van der Waals surface area contributed by atoms with Crippen LogP contribution in [0.15, 0.2) is 30.5 Å². The van der Waals surface area contributed by atoms with E-state index in [4.69, 9.17) is 17.3 Å². The summed E-state index contributed by atoms with van der Waals surface area (Å²) >= 11 is 0. The van der Waals surface area contributed by atoms with Gasteiger partial charge in [-0.25, -0.2) is 4.98 Å². The summed E-state index contributed by atoms with van der Waals surface area (Å²) in [7, 11) is 5.89. The highest BCUT2D eigenvalue weighted by atomic mass is 16.7. The van der Waals surface area contributed by atoms with E-state index in [1.165, 1.54) is 6.42 Å². The van der Waals surface area contributed by atoms with Gasteiger partial charge in [-0.2, -0.15) is 0 Å². The monoisotopic (exact) mass is 361 g/mol. The number of nitrogens with one attached hydrogen (secondary N) is 1. The second-order valence-corrected chi connectivity index (χ2v) is 9.15. The summed E-state index contributed by atoms with van der Waals surface area (Å²) in [5, 5.41) is 0. The third-order valence-electron chi connectivity index (χ3n) is 6.81. The van der Waals surface area contributed by atoms with E-state index in [1.54, 1.807) is 0 Å². The summed E-state index contributed by atoms with van der Waals surface area (Å²) in [6, 6.07) is 9.08. The first-order chi connectivity index (χ1) is 12.7. The largest absolute Gasteiger partial charge is 0.494 e. The van der Waals surface area contributed by atoms with Crippen LogP contribution in [-0.4, -0.2) is 47.1 Å².